The highest BCUT2D eigenvalue weighted by molar-refractivity contribution is 5.81. The van der Waals surface area contributed by atoms with Crippen molar-refractivity contribution in [2.75, 3.05) is 13.2 Å². The van der Waals surface area contributed by atoms with E-state index in [4.69, 9.17) is 14.0 Å². The summed E-state index contributed by atoms with van der Waals surface area (Å²) in [6, 6.07) is -0.277. The number of nitrogens with one attached hydrogen (secondary N) is 1. The second-order valence-electron chi connectivity index (χ2n) is 7.31. The van der Waals surface area contributed by atoms with Gasteiger partial charge in [0, 0.05) is 19.1 Å². The fraction of sp³-hybridized carbons (Fsp3) is 0.833. The van der Waals surface area contributed by atoms with Crippen molar-refractivity contribution in [1.29, 1.82) is 0 Å². The average Bonchev–Trinajstić information content (AvgIpc) is 3.29. The Bertz CT molecular complexity index is 568. The van der Waals surface area contributed by atoms with Crippen molar-refractivity contribution in [3.63, 3.8) is 0 Å². The normalized spacial score (nSPS) is 26.1. The van der Waals surface area contributed by atoms with Gasteiger partial charge < -0.3 is 19.3 Å². The van der Waals surface area contributed by atoms with Crippen molar-refractivity contribution in [2.45, 2.75) is 77.0 Å². The molecule has 7 heteroatoms. The van der Waals surface area contributed by atoms with Crippen LogP contribution >= 0.6 is 0 Å². The highest BCUT2D eigenvalue weighted by Crippen LogP contribution is 2.31. The summed E-state index contributed by atoms with van der Waals surface area (Å²) in [6.45, 7) is 7.52. The zero-order valence-electron chi connectivity index (χ0n) is 15.4. The molecule has 1 aromatic rings. The van der Waals surface area contributed by atoms with Gasteiger partial charge in [-0.3, -0.25) is 4.79 Å². The quantitative estimate of drug-likeness (QED) is 0.848. The first-order chi connectivity index (χ1) is 12.1. The van der Waals surface area contributed by atoms with Gasteiger partial charge in [-0.15, -0.1) is 0 Å². The van der Waals surface area contributed by atoms with Crippen molar-refractivity contribution in [1.82, 2.24) is 15.5 Å². The molecule has 1 amide bonds. The molecular formula is C18H29N3O4. The lowest BCUT2D eigenvalue weighted by atomic mass is 9.91. The average molecular weight is 351 g/mol. The zero-order chi connectivity index (χ0) is 17.8. The number of aromatic nitrogens is 2. The Kier molecular flexibility index (Phi) is 6.06. The van der Waals surface area contributed by atoms with Gasteiger partial charge in [0.2, 0.25) is 11.8 Å². The minimum Gasteiger partial charge on any atom is -0.381 e. The van der Waals surface area contributed by atoms with Crippen molar-refractivity contribution >= 4 is 5.91 Å². The second-order valence-corrected chi connectivity index (χ2v) is 7.31. The van der Waals surface area contributed by atoms with Crippen molar-refractivity contribution in [3.05, 3.63) is 11.7 Å². The first-order valence-electron chi connectivity index (χ1n) is 9.45. The lowest BCUT2D eigenvalue weighted by molar-refractivity contribution is -0.133. The molecule has 0 bridgehead atoms. The van der Waals surface area contributed by atoms with Crippen LogP contribution < -0.4 is 5.32 Å². The Labute approximate surface area is 148 Å². The summed E-state index contributed by atoms with van der Waals surface area (Å²) in [7, 11) is 0. The summed E-state index contributed by atoms with van der Waals surface area (Å²) in [6.07, 6.45) is 4.20. The molecule has 25 heavy (non-hydrogen) atoms. The Hall–Kier alpha value is -1.47. The van der Waals surface area contributed by atoms with Crippen LogP contribution in [0.25, 0.3) is 0 Å². The van der Waals surface area contributed by atoms with E-state index < -0.39 is 0 Å². The van der Waals surface area contributed by atoms with Gasteiger partial charge in [-0.05, 0) is 38.0 Å². The lowest BCUT2D eigenvalue weighted by Crippen LogP contribution is -2.41. The summed E-state index contributed by atoms with van der Waals surface area (Å²) in [5.41, 5.74) is 0. The fourth-order valence-electron chi connectivity index (χ4n) is 3.48. The molecule has 0 spiro atoms. The predicted octanol–water partition coefficient (Wildman–Crippen LogP) is 2.73. The van der Waals surface area contributed by atoms with Gasteiger partial charge in [0.15, 0.2) is 5.82 Å². The number of ether oxygens (including phenoxy) is 2. The molecule has 2 aliphatic heterocycles. The van der Waals surface area contributed by atoms with E-state index in [1.54, 1.807) is 0 Å². The van der Waals surface area contributed by atoms with Crippen LogP contribution in [-0.2, 0) is 14.3 Å². The van der Waals surface area contributed by atoms with Crippen molar-refractivity contribution in [3.8, 4) is 0 Å². The largest absolute Gasteiger partial charge is 0.381 e. The molecule has 3 rings (SSSR count). The van der Waals surface area contributed by atoms with Crippen LogP contribution in [0.4, 0.5) is 0 Å². The van der Waals surface area contributed by atoms with Crippen LogP contribution in [0.3, 0.4) is 0 Å². The first kappa shape index (κ1) is 18.3. The summed E-state index contributed by atoms with van der Waals surface area (Å²) in [5, 5.41) is 7.19. The Balaban J connectivity index is 1.72. The Morgan fingerprint density at radius 2 is 2.00 bits per heavy atom. The van der Waals surface area contributed by atoms with Crippen LogP contribution in [0.1, 0.15) is 76.6 Å². The molecule has 3 atom stereocenters. The number of nitrogens with zero attached hydrogens (tertiary/aromatic N) is 2. The van der Waals surface area contributed by atoms with E-state index in [1.165, 1.54) is 0 Å². The molecule has 2 saturated heterocycles. The van der Waals surface area contributed by atoms with E-state index in [0.29, 0.717) is 24.9 Å². The van der Waals surface area contributed by atoms with Gasteiger partial charge in [-0.2, -0.15) is 4.98 Å². The van der Waals surface area contributed by atoms with E-state index in [9.17, 15) is 4.79 Å². The lowest BCUT2D eigenvalue weighted by Gasteiger charge is -2.29. The molecule has 0 radical (unpaired) electrons. The third-order valence-corrected chi connectivity index (χ3v) is 5.13. The molecule has 140 valence electrons. The monoisotopic (exact) mass is 351 g/mol. The summed E-state index contributed by atoms with van der Waals surface area (Å²) in [5.74, 6) is 1.52. The van der Waals surface area contributed by atoms with Gasteiger partial charge in [0.25, 0.3) is 0 Å². The van der Waals surface area contributed by atoms with Gasteiger partial charge in [-0.25, -0.2) is 0 Å². The molecule has 1 N–H and O–H groups in total. The molecule has 0 saturated carbocycles. The third-order valence-electron chi connectivity index (χ3n) is 5.13. The summed E-state index contributed by atoms with van der Waals surface area (Å²) >= 11 is 0. The number of rotatable bonds is 6. The molecule has 0 unspecified atom stereocenters. The molecule has 0 aromatic carbocycles. The predicted molar refractivity (Wildman–Crippen MR) is 91.0 cm³/mol. The Morgan fingerprint density at radius 1 is 1.24 bits per heavy atom. The maximum atomic E-state index is 12.7. The highest BCUT2D eigenvalue weighted by Gasteiger charge is 2.36. The van der Waals surface area contributed by atoms with E-state index >= 15 is 0 Å². The Morgan fingerprint density at radius 3 is 2.60 bits per heavy atom. The molecule has 7 nitrogen and oxygen atoms in total. The first-order valence-corrected chi connectivity index (χ1v) is 9.45. The number of carbonyl (C=O) groups excluding carboxylic acids is 1. The van der Waals surface area contributed by atoms with Crippen LogP contribution in [0.2, 0.25) is 0 Å². The minimum atomic E-state index is -0.375. The maximum absolute atomic E-state index is 12.7. The van der Waals surface area contributed by atoms with Gasteiger partial charge in [0.1, 0.15) is 12.1 Å². The van der Waals surface area contributed by atoms with Crippen molar-refractivity contribution in [2.24, 2.45) is 5.92 Å². The topological polar surface area (TPSA) is 86.5 Å². The molecule has 1 aromatic heterocycles. The van der Waals surface area contributed by atoms with Crippen LogP contribution in [0.5, 0.6) is 0 Å². The zero-order valence-corrected chi connectivity index (χ0v) is 15.4. The fourth-order valence-corrected chi connectivity index (χ4v) is 3.48. The number of hydrogen-bond acceptors (Lipinski definition) is 6. The van der Waals surface area contributed by atoms with E-state index in [2.05, 4.69) is 22.4 Å². The summed E-state index contributed by atoms with van der Waals surface area (Å²) < 4.78 is 16.8. The summed E-state index contributed by atoms with van der Waals surface area (Å²) in [4.78, 5) is 17.2. The minimum absolute atomic E-state index is 0.0725. The third kappa shape index (κ3) is 4.39. The molecular weight excluding hydrogens is 322 g/mol. The molecule has 2 aliphatic rings. The van der Waals surface area contributed by atoms with Crippen molar-refractivity contribution < 1.29 is 18.8 Å². The van der Waals surface area contributed by atoms with Crippen LogP contribution in [-0.4, -0.2) is 41.5 Å². The van der Waals surface area contributed by atoms with Gasteiger partial charge in [0.05, 0.1) is 6.10 Å². The van der Waals surface area contributed by atoms with Crippen LogP contribution in [0, 0.1) is 5.92 Å². The van der Waals surface area contributed by atoms with Crippen LogP contribution in [0.15, 0.2) is 4.52 Å². The van der Waals surface area contributed by atoms with E-state index in [0.717, 1.165) is 32.1 Å². The van der Waals surface area contributed by atoms with E-state index in [1.807, 2.05) is 13.8 Å². The standard InChI is InChI=1S/C18H29N3O4/c1-4-13-5-6-14(24-13)17(22)19-15(12-7-9-23-10-8-12)18-20-16(11(2)3)21-25-18/h11-15H,4-10H2,1-3H3,(H,19,22)/t13-,14-,15-/m1/s1. The molecule has 2 fully saturated rings. The smallest absolute Gasteiger partial charge is 0.249 e. The highest BCUT2D eigenvalue weighted by atomic mass is 16.5. The number of amides is 1. The second kappa shape index (κ2) is 8.27. The maximum Gasteiger partial charge on any atom is 0.249 e. The van der Waals surface area contributed by atoms with Gasteiger partial charge >= 0.3 is 0 Å². The number of carbonyl (C=O) groups is 1. The number of hydrogen-bond donors (Lipinski definition) is 1. The molecule has 3 heterocycles. The van der Waals surface area contributed by atoms with Gasteiger partial charge in [-0.1, -0.05) is 25.9 Å². The van der Waals surface area contributed by atoms with E-state index in [-0.39, 0.29) is 36.0 Å². The molecule has 0 aliphatic carbocycles. The SMILES string of the molecule is CC[C@@H]1CC[C@H](C(=O)N[C@@H](c2nc(C(C)C)no2)C2CCOCC2)O1.